The minimum Gasteiger partial charge on any atom is -0.404 e. The average Bonchev–Trinajstić information content (AvgIpc) is 2.66. The maximum atomic E-state index is 6.54. The first kappa shape index (κ1) is 13.3. The van der Waals surface area contributed by atoms with Crippen LogP contribution < -0.4 is 0 Å². The first-order chi connectivity index (χ1) is 8.22. The van der Waals surface area contributed by atoms with E-state index in [1.807, 2.05) is 6.92 Å². The molecule has 4 heteroatoms. The summed E-state index contributed by atoms with van der Waals surface area (Å²) in [6.45, 7) is 11.1. The van der Waals surface area contributed by atoms with Gasteiger partial charge in [0.25, 0.3) is 0 Å². The average molecular weight is 271 g/mol. The highest BCUT2D eigenvalue weighted by atomic mass is 35.5. The van der Waals surface area contributed by atoms with E-state index >= 15 is 0 Å². The van der Waals surface area contributed by atoms with E-state index in [0.29, 0.717) is 11.3 Å². The van der Waals surface area contributed by atoms with Crippen LogP contribution in [-0.4, -0.2) is 23.6 Å². The van der Waals surface area contributed by atoms with Gasteiger partial charge in [0.1, 0.15) is 0 Å². The van der Waals surface area contributed by atoms with Crippen LogP contribution in [0, 0.1) is 17.3 Å². The van der Waals surface area contributed by atoms with E-state index in [1.165, 1.54) is 6.42 Å². The Labute approximate surface area is 116 Å². The second-order valence-corrected chi connectivity index (χ2v) is 8.30. The van der Waals surface area contributed by atoms with Gasteiger partial charge in [-0.05, 0) is 50.4 Å². The Morgan fingerprint density at radius 3 is 2.56 bits per heavy atom. The Morgan fingerprint density at radius 1 is 1.33 bits per heavy atom. The summed E-state index contributed by atoms with van der Waals surface area (Å²) in [6, 6.07) is 0. The molecule has 0 aromatic carbocycles. The van der Waals surface area contributed by atoms with Gasteiger partial charge in [0.05, 0.1) is 16.5 Å². The van der Waals surface area contributed by atoms with Crippen molar-refractivity contribution in [2.24, 2.45) is 17.3 Å². The van der Waals surface area contributed by atoms with E-state index in [1.54, 1.807) is 0 Å². The summed E-state index contributed by atoms with van der Waals surface area (Å²) in [5.41, 5.74) is 0.271. The zero-order valence-corrected chi connectivity index (χ0v) is 12.9. The molecule has 18 heavy (non-hydrogen) atoms. The van der Waals surface area contributed by atoms with Gasteiger partial charge in [-0.25, -0.2) is 0 Å². The fourth-order valence-corrected chi connectivity index (χ4v) is 4.39. The zero-order valence-electron chi connectivity index (χ0n) is 12.1. The Kier molecular flexibility index (Phi) is 2.71. The van der Waals surface area contributed by atoms with E-state index in [9.17, 15) is 0 Å². The first-order valence-corrected chi connectivity index (χ1v) is 7.62. The van der Waals surface area contributed by atoms with E-state index in [0.717, 1.165) is 18.8 Å². The van der Waals surface area contributed by atoms with Gasteiger partial charge in [-0.2, -0.15) is 0 Å². The third kappa shape index (κ3) is 1.50. The van der Waals surface area contributed by atoms with Crippen molar-refractivity contribution < 1.29 is 9.31 Å². The molecule has 0 spiro atoms. The van der Waals surface area contributed by atoms with Crippen molar-refractivity contribution in [3.05, 3.63) is 0 Å². The van der Waals surface area contributed by atoms with Gasteiger partial charge in [0.2, 0.25) is 0 Å². The Hall–Kier alpha value is 0.275. The van der Waals surface area contributed by atoms with Crippen LogP contribution in [0.5, 0.6) is 0 Å². The highest BCUT2D eigenvalue weighted by Crippen LogP contribution is 2.66. The molecule has 0 N–H and O–H groups in total. The van der Waals surface area contributed by atoms with Gasteiger partial charge in [0.15, 0.2) is 0 Å². The molecule has 2 bridgehead atoms. The van der Waals surface area contributed by atoms with Crippen molar-refractivity contribution in [1.82, 2.24) is 0 Å². The van der Waals surface area contributed by atoms with Crippen molar-refractivity contribution in [2.75, 3.05) is 0 Å². The van der Waals surface area contributed by atoms with Gasteiger partial charge in [-0.3, -0.25) is 0 Å². The van der Waals surface area contributed by atoms with E-state index in [2.05, 4.69) is 27.7 Å². The molecular weight excluding hydrogens is 246 g/mol. The lowest BCUT2D eigenvalue weighted by molar-refractivity contribution is -0.199. The smallest absolute Gasteiger partial charge is 0.404 e. The third-order valence-electron chi connectivity index (χ3n) is 6.13. The largest absolute Gasteiger partial charge is 0.479 e. The molecule has 1 aliphatic heterocycles. The summed E-state index contributed by atoms with van der Waals surface area (Å²) in [7, 11) is -0.255. The topological polar surface area (TPSA) is 18.5 Å². The first-order valence-electron chi connectivity index (χ1n) is 7.24. The van der Waals surface area contributed by atoms with Crippen molar-refractivity contribution >= 4 is 18.7 Å². The second-order valence-electron chi connectivity index (χ2n) is 7.43. The SMILES string of the molecule is CC[C@](C)(Cl)B1O[C@@H]2C[C@@H]3C[C@@H](C3(C)C)[C@]2(C)O1. The normalized spacial score (nSPS) is 48.3. The number of halogens is 1. The van der Waals surface area contributed by atoms with Gasteiger partial charge in [0, 0.05) is 0 Å². The quantitative estimate of drug-likeness (QED) is 0.563. The molecule has 1 heterocycles. The third-order valence-corrected chi connectivity index (χ3v) is 6.58. The molecule has 3 aliphatic carbocycles. The maximum Gasteiger partial charge on any atom is 0.479 e. The molecule has 102 valence electrons. The van der Waals surface area contributed by atoms with Crippen molar-refractivity contribution in [2.45, 2.75) is 70.4 Å². The van der Waals surface area contributed by atoms with Crippen LogP contribution in [0.3, 0.4) is 0 Å². The highest BCUT2D eigenvalue weighted by Gasteiger charge is 2.69. The molecule has 0 amide bonds. The van der Waals surface area contributed by atoms with Crippen molar-refractivity contribution in [1.29, 1.82) is 0 Å². The highest BCUT2D eigenvalue weighted by molar-refractivity contribution is 6.62. The fraction of sp³-hybridized carbons (Fsp3) is 1.00. The monoisotopic (exact) mass is 270 g/mol. The lowest BCUT2D eigenvalue weighted by Crippen LogP contribution is -2.65. The Morgan fingerprint density at radius 2 is 2.00 bits per heavy atom. The summed E-state index contributed by atoms with van der Waals surface area (Å²) < 4.78 is 12.1. The molecule has 1 saturated heterocycles. The summed E-state index contributed by atoms with van der Waals surface area (Å²) in [4.78, 5) is 0. The maximum absolute atomic E-state index is 6.54. The summed E-state index contributed by atoms with van der Waals surface area (Å²) in [6.07, 6.45) is 3.53. The number of rotatable bonds is 2. The molecule has 4 rings (SSSR count). The predicted molar refractivity (Wildman–Crippen MR) is 74.7 cm³/mol. The van der Waals surface area contributed by atoms with E-state index < -0.39 is 4.77 Å². The van der Waals surface area contributed by atoms with Gasteiger partial charge < -0.3 is 9.31 Å². The van der Waals surface area contributed by atoms with Crippen LogP contribution in [0.2, 0.25) is 0 Å². The zero-order chi connectivity index (χ0) is 13.3. The molecule has 4 fully saturated rings. The van der Waals surface area contributed by atoms with Crippen LogP contribution in [0.15, 0.2) is 0 Å². The van der Waals surface area contributed by atoms with Crippen molar-refractivity contribution in [3.8, 4) is 0 Å². The molecule has 2 nitrogen and oxygen atoms in total. The van der Waals surface area contributed by atoms with Crippen LogP contribution in [0.25, 0.3) is 0 Å². The van der Waals surface area contributed by atoms with Gasteiger partial charge in [-0.15, -0.1) is 11.6 Å². The van der Waals surface area contributed by atoms with E-state index in [4.69, 9.17) is 20.9 Å². The van der Waals surface area contributed by atoms with Crippen LogP contribution in [0.4, 0.5) is 0 Å². The Balaban J connectivity index is 1.85. The minimum atomic E-state index is -0.408. The fourth-order valence-electron chi connectivity index (χ4n) is 4.29. The number of hydrogen-bond donors (Lipinski definition) is 0. The number of hydrogen-bond acceptors (Lipinski definition) is 2. The molecule has 0 unspecified atom stereocenters. The Bertz CT molecular complexity index is 371. The molecule has 0 aromatic heterocycles. The van der Waals surface area contributed by atoms with Crippen LogP contribution in [-0.2, 0) is 9.31 Å². The molecule has 5 atom stereocenters. The second kappa shape index (κ2) is 3.68. The molecule has 4 aliphatic rings. The lowest BCUT2D eigenvalue weighted by Gasteiger charge is -2.64. The van der Waals surface area contributed by atoms with Crippen molar-refractivity contribution in [3.63, 3.8) is 0 Å². The summed E-state index contributed by atoms with van der Waals surface area (Å²) >= 11 is 6.54. The van der Waals surface area contributed by atoms with E-state index in [-0.39, 0.29) is 18.8 Å². The standard InChI is InChI=1S/C14H24BClO2/c1-6-13(4,16)15-17-11-8-9-7-10(12(9,2)3)14(11,5)18-15/h9-11H,6-8H2,1-5H3/t9-,10-,11+,13-,14-/m0/s1. The summed E-state index contributed by atoms with van der Waals surface area (Å²) in [5, 5.41) is 0. The molecule has 0 aromatic rings. The van der Waals surface area contributed by atoms with Gasteiger partial charge >= 0.3 is 7.12 Å². The van der Waals surface area contributed by atoms with Crippen LogP contribution in [0.1, 0.15) is 53.9 Å². The predicted octanol–water partition coefficient (Wildman–Crippen LogP) is 3.66. The summed E-state index contributed by atoms with van der Waals surface area (Å²) in [5.74, 6) is 1.41. The van der Waals surface area contributed by atoms with Crippen LogP contribution >= 0.6 is 11.6 Å². The molecule has 0 radical (unpaired) electrons. The number of alkyl halides is 1. The minimum absolute atomic E-state index is 0.131. The lowest BCUT2D eigenvalue weighted by atomic mass is 9.43. The molecule has 3 saturated carbocycles. The molecular formula is C14H24BClO2. The van der Waals surface area contributed by atoms with Gasteiger partial charge in [-0.1, -0.05) is 20.8 Å².